The zero-order valence-electron chi connectivity index (χ0n) is 15.4. The fraction of sp³-hybridized carbons (Fsp3) is 0.250. The number of carbonyl (C=O) groups is 2. The van der Waals surface area contributed by atoms with Crippen LogP contribution in [0.1, 0.15) is 29.7 Å². The number of rotatable bonds is 3. The lowest BCUT2D eigenvalue weighted by Crippen LogP contribution is -2.48. The van der Waals surface area contributed by atoms with E-state index in [4.69, 9.17) is 0 Å². The molecule has 2 amide bonds. The van der Waals surface area contributed by atoms with Crippen molar-refractivity contribution >= 4 is 23.3 Å². The molecule has 0 aromatic heterocycles. The first-order valence-corrected chi connectivity index (χ1v) is 8.40. The highest BCUT2D eigenvalue weighted by molar-refractivity contribution is 6.11. The summed E-state index contributed by atoms with van der Waals surface area (Å²) in [4.78, 5) is 26.9. The van der Waals surface area contributed by atoms with Crippen LogP contribution < -0.4 is 10.2 Å². The second-order valence-electron chi connectivity index (χ2n) is 6.56. The van der Waals surface area contributed by atoms with Gasteiger partial charge in [0.2, 0.25) is 5.91 Å². The number of hydrazone groups is 1. The van der Waals surface area contributed by atoms with Gasteiger partial charge in [0.15, 0.2) is 11.9 Å². The molecule has 1 aliphatic heterocycles. The Morgan fingerprint density at radius 1 is 1.08 bits per heavy atom. The molecule has 0 saturated heterocycles. The van der Waals surface area contributed by atoms with Gasteiger partial charge in [-0.2, -0.15) is 5.10 Å². The zero-order valence-corrected chi connectivity index (χ0v) is 15.4. The van der Waals surface area contributed by atoms with Gasteiger partial charge in [0.05, 0.1) is 0 Å². The predicted octanol–water partition coefficient (Wildman–Crippen LogP) is 2.44. The molecule has 2 aromatic carbocycles. The topological polar surface area (TPSA) is 65.0 Å². The number of benzene rings is 2. The molecule has 0 radical (unpaired) electrons. The summed E-state index contributed by atoms with van der Waals surface area (Å²) in [6.45, 7) is 3.40. The van der Waals surface area contributed by atoms with Crippen molar-refractivity contribution < 1.29 is 9.59 Å². The average molecular weight is 350 g/mol. The first-order chi connectivity index (χ1) is 12.4. The lowest BCUT2D eigenvalue weighted by Gasteiger charge is -2.31. The molecular formula is C20H22N4O2. The van der Waals surface area contributed by atoms with Crippen LogP contribution in [-0.4, -0.2) is 36.8 Å². The van der Waals surface area contributed by atoms with Gasteiger partial charge in [0.1, 0.15) is 0 Å². The summed E-state index contributed by atoms with van der Waals surface area (Å²) in [6.07, 6.45) is 0. The van der Waals surface area contributed by atoms with Crippen molar-refractivity contribution in [3.8, 4) is 0 Å². The molecule has 26 heavy (non-hydrogen) atoms. The van der Waals surface area contributed by atoms with E-state index in [1.807, 2.05) is 74.4 Å². The molecule has 3 rings (SSSR count). The molecular weight excluding hydrogens is 328 g/mol. The monoisotopic (exact) mass is 350 g/mol. The van der Waals surface area contributed by atoms with Crippen LogP contribution in [0.3, 0.4) is 0 Å². The summed E-state index contributed by atoms with van der Waals surface area (Å²) in [7, 11) is 3.89. The van der Waals surface area contributed by atoms with Crippen LogP contribution in [0.5, 0.6) is 0 Å². The number of nitrogens with one attached hydrogen (secondary N) is 1. The maximum Gasteiger partial charge on any atom is 0.255 e. The summed E-state index contributed by atoms with van der Waals surface area (Å²) < 4.78 is 0. The van der Waals surface area contributed by atoms with Gasteiger partial charge < -0.3 is 10.2 Å². The molecule has 1 N–H and O–H groups in total. The van der Waals surface area contributed by atoms with E-state index in [9.17, 15) is 9.59 Å². The number of aryl methyl sites for hydroxylation is 1. The molecule has 0 saturated carbocycles. The second-order valence-corrected chi connectivity index (χ2v) is 6.56. The van der Waals surface area contributed by atoms with E-state index in [-0.39, 0.29) is 11.8 Å². The van der Waals surface area contributed by atoms with Crippen molar-refractivity contribution in [3.05, 3.63) is 65.2 Å². The molecule has 2 aromatic rings. The predicted molar refractivity (Wildman–Crippen MR) is 102 cm³/mol. The SMILES string of the molecule is CC(=O)N1N=C(c2ccc(C)cc2)NC(=O)C1c1ccc(N(C)C)cc1. The van der Waals surface area contributed by atoms with Crippen LogP contribution >= 0.6 is 0 Å². The Bertz CT molecular complexity index is 854. The molecule has 0 fully saturated rings. The molecule has 0 spiro atoms. The van der Waals surface area contributed by atoms with Gasteiger partial charge in [-0.15, -0.1) is 0 Å². The summed E-state index contributed by atoms with van der Waals surface area (Å²) >= 11 is 0. The Balaban J connectivity index is 1.97. The van der Waals surface area contributed by atoms with Gasteiger partial charge in [0.25, 0.3) is 5.91 Å². The zero-order chi connectivity index (χ0) is 18.8. The van der Waals surface area contributed by atoms with Crippen LogP contribution in [0.25, 0.3) is 0 Å². The molecule has 1 unspecified atom stereocenters. The van der Waals surface area contributed by atoms with Crippen LogP contribution in [0.2, 0.25) is 0 Å². The minimum absolute atomic E-state index is 0.275. The molecule has 0 aliphatic carbocycles. The third kappa shape index (κ3) is 3.44. The van der Waals surface area contributed by atoms with Gasteiger partial charge in [-0.25, -0.2) is 5.01 Å². The van der Waals surface area contributed by atoms with Crippen LogP contribution in [0.4, 0.5) is 5.69 Å². The quantitative estimate of drug-likeness (QED) is 0.925. The van der Waals surface area contributed by atoms with E-state index >= 15 is 0 Å². The van der Waals surface area contributed by atoms with E-state index in [0.29, 0.717) is 5.84 Å². The molecule has 6 heteroatoms. The molecule has 6 nitrogen and oxygen atoms in total. The van der Waals surface area contributed by atoms with E-state index in [1.54, 1.807) is 0 Å². The van der Waals surface area contributed by atoms with E-state index in [1.165, 1.54) is 11.9 Å². The van der Waals surface area contributed by atoms with Gasteiger partial charge >= 0.3 is 0 Å². The highest BCUT2D eigenvalue weighted by Crippen LogP contribution is 2.27. The van der Waals surface area contributed by atoms with E-state index in [0.717, 1.165) is 22.4 Å². The number of nitrogens with zero attached hydrogens (tertiary/aromatic N) is 3. The van der Waals surface area contributed by atoms with Crippen LogP contribution in [0.15, 0.2) is 53.6 Å². The highest BCUT2D eigenvalue weighted by Gasteiger charge is 2.35. The van der Waals surface area contributed by atoms with E-state index < -0.39 is 6.04 Å². The molecule has 0 bridgehead atoms. The Kier molecular flexibility index (Phi) is 4.75. The van der Waals surface area contributed by atoms with Gasteiger partial charge in [0, 0.05) is 32.3 Å². The molecule has 134 valence electrons. The highest BCUT2D eigenvalue weighted by atomic mass is 16.2. The minimum Gasteiger partial charge on any atom is -0.378 e. The summed E-state index contributed by atoms with van der Waals surface area (Å²) in [6, 6.07) is 14.4. The Morgan fingerprint density at radius 2 is 1.69 bits per heavy atom. The summed E-state index contributed by atoms with van der Waals surface area (Å²) in [5.41, 5.74) is 3.61. The number of hydrogen-bond acceptors (Lipinski definition) is 4. The average Bonchev–Trinajstić information content (AvgIpc) is 2.61. The van der Waals surface area contributed by atoms with Crippen molar-refractivity contribution in [2.24, 2.45) is 5.10 Å². The summed E-state index contributed by atoms with van der Waals surface area (Å²) in [5, 5.41) is 8.48. The smallest absolute Gasteiger partial charge is 0.255 e. The van der Waals surface area contributed by atoms with Crippen molar-refractivity contribution in [3.63, 3.8) is 0 Å². The first kappa shape index (κ1) is 17.7. The maximum atomic E-state index is 12.8. The standard InChI is InChI=1S/C20H22N4O2/c1-13-5-7-16(8-6-13)19-21-20(26)18(24(22-19)14(2)25)15-9-11-17(12-10-15)23(3)4/h5-12,18H,1-4H3,(H,21,22,26). The number of amides is 2. The second kappa shape index (κ2) is 7.00. The van der Waals surface area contributed by atoms with Crippen LogP contribution in [0, 0.1) is 6.92 Å². The van der Waals surface area contributed by atoms with Crippen molar-refractivity contribution in [1.82, 2.24) is 10.3 Å². The number of carbonyl (C=O) groups excluding carboxylic acids is 2. The van der Waals surface area contributed by atoms with Crippen molar-refractivity contribution in [2.45, 2.75) is 19.9 Å². The normalized spacial score (nSPS) is 16.8. The van der Waals surface area contributed by atoms with Crippen molar-refractivity contribution in [2.75, 3.05) is 19.0 Å². The largest absolute Gasteiger partial charge is 0.378 e. The fourth-order valence-corrected chi connectivity index (χ4v) is 2.83. The van der Waals surface area contributed by atoms with Crippen molar-refractivity contribution in [1.29, 1.82) is 0 Å². The van der Waals surface area contributed by atoms with Gasteiger partial charge in [-0.3, -0.25) is 9.59 Å². The fourth-order valence-electron chi connectivity index (χ4n) is 2.83. The molecule has 1 atom stereocenters. The Morgan fingerprint density at radius 3 is 2.23 bits per heavy atom. The Labute approximate surface area is 153 Å². The number of hydrogen-bond donors (Lipinski definition) is 1. The first-order valence-electron chi connectivity index (χ1n) is 8.40. The van der Waals surface area contributed by atoms with E-state index in [2.05, 4.69) is 10.4 Å². The summed E-state index contributed by atoms with van der Waals surface area (Å²) in [5.74, 6) is -0.180. The van der Waals surface area contributed by atoms with Crippen LogP contribution in [-0.2, 0) is 9.59 Å². The molecule has 1 heterocycles. The minimum atomic E-state index is -0.780. The Hall–Kier alpha value is -3.15. The number of anilines is 1. The third-order valence-corrected chi connectivity index (χ3v) is 4.32. The van der Waals surface area contributed by atoms with Gasteiger partial charge in [-0.05, 0) is 24.6 Å². The third-order valence-electron chi connectivity index (χ3n) is 4.32. The number of amidine groups is 1. The van der Waals surface area contributed by atoms with Gasteiger partial charge in [-0.1, -0.05) is 42.0 Å². The maximum absolute atomic E-state index is 12.8. The molecule has 1 aliphatic rings. The lowest BCUT2D eigenvalue weighted by atomic mass is 10.0. The lowest BCUT2D eigenvalue weighted by molar-refractivity contribution is -0.139.